The molecule has 0 aliphatic carbocycles. The van der Waals surface area contributed by atoms with Gasteiger partial charge < -0.3 is 15.0 Å². The Morgan fingerprint density at radius 3 is 2.38 bits per heavy atom. The minimum Gasteiger partial charge on any atom is -0.494 e. The molecule has 122 valence electrons. The van der Waals surface area contributed by atoms with Gasteiger partial charge in [-0.05, 0) is 30.9 Å². The minimum absolute atomic E-state index is 0.0853. The summed E-state index contributed by atoms with van der Waals surface area (Å²) in [4.78, 5) is 2.31. The Morgan fingerprint density at radius 1 is 1.17 bits per heavy atom. The summed E-state index contributed by atoms with van der Waals surface area (Å²) in [6, 6.07) is 10.9. The maximum atomic E-state index is 9.15. The summed E-state index contributed by atoms with van der Waals surface area (Å²) in [6.45, 7) is 4.28. The van der Waals surface area contributed by atoms with E-state index in [2.05, 4.69) is 17.1 Å². The molecule has 1 N–H and O–H groups in total. The number of rotatable bonds is 4. The van der Waals surface area contributed by atoms with Crippen molar-refractivity contribution in [1.82, 2.24) is 0 Å². The van der Waals surface area contributed by atoms with Crippen molar-refractivity contribution in [2.24, 2.45) is 5.92 Å². The van der Waals surface area contributed by atoms with Gasteiger partial charge in [-0.25, -0.2) is 0 Å². The highest BCUT2D eigenvalue weighted by molar-refractivity contribution is 5.69. The quantitative estimate of drug-likeness (QED) is 0.856. The molecule has 1 aliphatic rings. The number of nitriles is 3. The van der Waals surface area contributed by atoms with Crippen LogP contribution < -0.4 is 15.0 Å². The van der Waals surface area contributed by atoms with Crippen LogP contribution in [0.25, 0.3) is 0 Å². The zero-order valence-electron chi connectivity index (χ0n) is 13.8. The van der Waals surface area contributed by atoms with Gasteiger partial charge >= 0.3 is 0 Å². The average molecular weight is 321 g/mol. The first-order valence-electron chi connectivity index (χ1n) is 7.77. The van der Waals surface area contributed by atoms with Crippen LogP contribution in [0.5, 0.6) is 5.75 Å². The largest absolute Gasteiger partial charge is 0.494 e. The maximum absolute atomic E-state index is 9.15. The predicted octanol–water partition coefficient (Wildman–Crippen LogP) is 3.17. The fraction of sp³-hybridized carbons (Fsp3) is 0.389. The van der Waals surface area contributed by atoms with Gasteiger partial charge in [-0.1, -0.05) is 6.92 Å². The Kier molecular flexibility index (Phi) is 5.66. The molecule has 0 aromatic heterocycles. The smallest absolute Gasteiger partial charge is 0.163 e. The second-order valence-electron chi connectivity index (χ2n) is 5.76. The monoisotopic (exact) mass is 321 g/mol. The average Bonchev–Trinajstić information content (AvgIpc) is 2.62. The van der Waals surface area contributed by atoms with E-state index in [-0.39, 0.29) is 11.3 Å². The van der Waals surface area contributed by atoms with Crippen LogP contribution in [0.2, 0.25) is 0 Å². The lowest BCUT2D eigenvalue weighted by Crippen LogP contribution is -2.32. The highest BCUT2D eigenvalue weighted by Gasteiger charge is 2.18. The van der Waals surface area contributed by atoms with E-state index >= 15 is 0 Å². The number of allylic oxidation sites excluding steroid dienone is 2. The van der Waals surface area contributed by atoms with E-state index in [1.165, 1.54) is 0 Å². The molecular formula is C18H19N5O. The van der Waals surface area contributed by atoms with Crippen molar-refractivity contribution in [3.05, 3.63) is 29.5 Å². The van der Waals surface area contributed by atoms with E-state index in [9.17, 15) is 0 Å². The van der Waals surface area contributed by atoms with Crippen LogP contribution in [0.1, 0.15) is 19.8 Å². The van der Waals surface area contributed by atoms with E-state index in [0.717, 1.165) is 37.5 Å². The third kappa shape index (κ3) is 3.77. The van der Waals surface area contributed by atoms with Gasteiger partial charge in [0.2, 0.25) is 0 Å². The normalized spacial score (nSPS) is 14.0. The van der Waals surface area contributed by atoms with Crippen molar-refractivity contribution in [3.8, 4) is 24.0 Å². The van der Waals surface area contributed by atoms with Crippen LogP contribution in [0.15, 0.2) is 29.5 Å². The molecule has 1 aromatic rings. The summed E-state index contributed by atoms with van der Waals surface area (Å²) in [7, 11) is 1.55. The zero-order chi connectivity index (χ0) is 17.5. The van der Waals surface area contributed by atoms with Crippen molar-refractivity contribution in [1.29, 1.82) is 15.8 Å². The molecular weight excluding hydrogens is 302 g/mol. The molecule has 1 aliphatic heterocycles. The Balaban J connectivity index is 2.27. The molecule has 0 saturated carbocycles. The molecule has 0 unspecified atom stereocenters. The lowest BCUT2D eigenvalue weighted by molar-refractivity contribution is 0.415. The molecule has 1 aromatic carbocycles. The topological polar surface area (TPSA) is 95.9 Å². The van der Waals surface area contributed by atoms with Gasteiger partial charge in [0.15, 0.2) is 5.57 Å². The van der Waals surface area contributed by atoms with Crippen LogP contribution in [0.3, 0.4) is 0 Å². The van der Waals surface area contributed by atoms with Crippen LogP contribution in [0, 0.1) is 39.9 Å². The molecule has 1 heterocycles. The van der Waals surface area contributed by atoms with Crippen LogP contribution in [-0.4, -0.2) is 20.2 Å². The Bertz CT molecular complexity index is 739. The lowest BCUT2D eigenvalue weighted by Gasteiger charge is -2.32. The standard InChI is InChI=1S/C18H19N5O/c1-13-5-7-23(8-6-13)15-3-4-16(18(9-15)24-2)22-17(12-21)14(10-19)11-20/h3-4,9,13,22H,5-8H2,1-2H3. The number of ether oxygens (including phenoxy) is 1. The molecule has 0 atom stereocenters. The fourth-order valence-electron chi connectivity index (χ4n) is 2.66. The third-order valence-electron chi connectivity index (χ3n) is 4.18. The van der Waals surface area contributed by atoms with Crippen LogP contribution >= 0.6 is 0 Å². The number of hydrogen-bond donors (Lipinski definition) is 1. The first-order valence-corrected chi connectivity index (χ1v) is 7.77. The lowest BCUT2D eigenvalue weighted by atomic mass is 9.99. The van der Waals surface area contributed by atoms with E-state index in [1.807, 2.05) is 18.2 Å². The van der Waals surface area contributed by atoms with E-state index in [4.69, 9.17) is 20.5 Å². The Hall–Kier alpha value is -3.17. The molecule has 6 nitrogen and oxygen atoms in total. The molecule has 0 spiro atoms. The van der Waals surface area contributed by atoms with Gasteiger partial charge in [-0.15, -0.1) is 0 Å². The SMILES string of the molecule is COc1cc(N2CCC(C)CC2)ccc1NC(C#N)=C(C#N)C#N. The first kappa shape index (κ1) is 17.2. The van der Waals surface area contributed by atoms with Crippen molar-refractivity contribution >= 4 is 11.4 Å². The van der Waals surface area contributed by atoms with Crippen LogP contribution in [-0.2, 0) is 0 Å². The molecule has 24 heavy (non-hydrogen) atoms. The highest BCUT2D eigenvalue weighted by Crippen LogP contribution is 2.32. The van der Waals surface area contributed by atoms with Gasteiger partial charge in [-0.2, -0.15) is 15.8 Å². The fourth-order valence-corrected chi connectivity index (χ4v) is 2.66. The van der Waals surface area contributed by atoms with Crippen molar-refractivity contribution < 1.29 is 4.74 Å². The van der Waals surface area contributed by atoms with Crippen molar-refractivity contribution in [2.75, 3.05) is 30.4 Å². The van der Waals surface area contributed by atoms with Crippen molar-refractivity contribution in [3.63, 3.8) is 0 Å². The van der Waals surface area contributed by atoms with Gasteiger partial charge in [0.05, 0.1) is 12.8 Å². The van der Waals surface area contributed by atoms with E-state index in [1.54, 1.807) is 25.3 Å². The number of nitrogens with zero attached hydrogens (tertiary/aromatic N) is 4. The number of benzene rings is 1. The summed E-state index contributed by atoms with van der Waals surface area (Å²) in [5.74, 6) is 1.32. The summed E-state index contributed by atoms with van der Waals surface area (Å²) < 4.78 is 5.40. The molecule has 2 rings (SSSR count). The molecule has 0 bridgehead atoms. The number of hydrogen-bond acceptors (Lipinski definition) is 6. The summed E-state index contributed by atoms with van der Waals surface area (Å²) in [5.41, 5.74) is 1.27. The highest BCUT2D eigenvalue weighted by atomic mass is 16.5. The van der Waals surface area contributed by atoms with Gasteiger partial charge in [0.1, 0.15) is 29.7 Å². The Morgan fingerprint density at radius 2 is 1.83 bits per heavy atom. The Labute approximate surface area is 142 Å². The third-order valence-corrected chi connectivity index (χ3v) is 4.18. The molecule has 0 radical (unpaired) electrons. The predicted molar refractivity (Wildman–Crippen MR) is 91.1 cm³/mol. The molecule has 1 fully saturated rings. The number of piperidine rings is 1. The second kappa shape index (κ2) is 7.90. The first-order chi connectivity index (χ1) is 11.6. The molecule has 1 saturated heterocycles. The van der Waals surface area contributed by atoms with Gasteiger partial charge in [0.25, 0.3) is 0 Å². The molecule has 6 heteroatoms. The maximum Gasteiger partial charge on any atom is 0.163 e. The van der Waals surface area contributed by atoms with Crippen molar-refractivity contribution in [2.45, 2.75) is 19.8 Å². The zero-order valence-corrected chi connectivity index (χ0v) is 13.8. The number of anilines is 2. The summed E-state index contributed by atoms with van der Waals surface area (Å²) >= 11 is 0. The minimum atomic E-state index is -0.256. The second-order valence-corrected chi connectivity index (χ2v) is 5.76. The summed E-state index contributed by atoms with van der Waals surface area (Å²) in [5, 5.41) is 29.8. The molecule has 0 amide bonds. The van der Waals surface area contributed by atoms with E-state index in [0.29, 0.717) is 11.4 Å². The van der Waals surface area contributed by atoms with Crippen LogP contribution in [0.4, 0.5) is 11.4 Å². The summed E-state index contributed by atoms with van der Waals surface area (Å²) in [6.07, 6.45) is 2.33. The number of methoxy groups -OCH3 is 1. The van der Waals surface area contributed by atoms with E-state index < -0.39 is 0 Å². The van der Waals surface area contributed by atoms with Gasteiger partial charge in [-0.3, -0.25) is 0 Å². The van der Waals surface area contributed by atoms with Gasteiger partial charge in [0, 0.05) is 24.8 Å². The number of nitrogens with one attached hydrogen (secondary N) is 1.